The Balaban J connectivity index is 2.68. The quantitative estimate of drug-likeness (QED) is 0.833. The number of rotatable bonds is 2. The van der Waals surface area contributed by atoms with E-state index in [1.165, 1.54) is 6.20 Å². The summed E-state index contributed by atoms with van der Waals surface area (Å²) in [5.41, 5.74) is 14.6. The fourth-order valence-corrected chi connectivity index (χ4v) is 1.91. The molecule has 0 spiro atoms. The maximum atomic E-state index is 11.4. The predicted molar refractivity (Wildman–Crippen MR) is 69.9 cm³/mol. The van der Waals surface area contributed by atoms with Crippen LogP contribution in [0.3, 0.4) is 0 Å². The number of carbonyl (C=O) groups is 1. The molecule has 0 bridgehead atoms. The van der Waals surface area contributed by atoms with E-state index in [9.17, 15) is 4.79 Å². The number of aryl methyl sites for hydroxylation is 2. The molecule has 0 saturated heterocycles. The van der Waals surface area contributed by atoms with Crippen LogP contribution in [-0.4, -0.2) is 15.9 Å². The Bertz CT molecular complexity index is 602. The zero-order valence-electron chi connectivity index (χ0n) is 10.3. The van der Waals surface area contributed by atoms with Gasteiger partial charge < -0.3 is 11.5 Å². The van der Waals surface area contributed by atoms with Gasteiger partial charge in [-0.3, -0.25) is 4.79 Å². The van der Waals surface area contributed by atoms with E-state index in [4.69, 9.17) is 11.5 Å². The summed E-state index contributed by atoms with van der Waals surface area (Å²) in [6.07, 6.45) is 1.36. The third-order valence-corrected chi connectivity index (χ3v) is 2.57. The Morgan fingerprint density at radius 1 is 1.17 bits per heavy atom. The van der Waals surface area contributed by atoms with E-state index in [1.807, 2.05) is 32.0 Å². The maximum absolute atomic E-state index is 11.4. The van der Waals surface area contributed by atoms with Gasteiger partial charge in [0.2, 0.25) is 5.95 Å². The highest BCUT2D eigenvalue weighted by Gasteiger charge is 2.13. The monoisotopic (exact) mass is 242 g/mol. The molecule has 18 heavy (non-hydrogen) atoms. The number of amides is 1. The molecule has 0 saturated carbocycles. The number of hydrogen-bond acceptors (Lipinski definition) is 4. The highest BCUT2D eigenvalue weighted by Crippen LogP contribution is 2.24. The van der Waals surface area contributed by atoms with E-state index in [2.05, 4.69) is 9.97 Å². The van der Waals surface area contributed by atoms with Crippen molar-refractivity contribution in [2.24, 2.45) is 5.73 Å². The van der Waals surface area contributed by atoms with Crippen LogP contribution in [0.1, 0.15) is 21.5 Å². The van der Waals surface area contributed by atoms with Crippen molar-refractivity contribution in [3.63, 3.8) is 0 Å². The smallest absolute Gasteiger partial charge is 0.252 e. The van der Waals surface area contributed by atoms with Crippen LogP contribution in [0.25, 0.3) is 11.3 Å². The molecular formula is C13H14N4O. The van der Waals surface area contributed by atoms with E-state index in [1.54, 1.807) is 0 Å². The number of hydrogen-bond donors (Lipinski definition) is 2. The standard InChI is InChI=1S/C13H14N4O/c1-7-3-8(2)5-9(4-7)11-10(12(14)18)6-16-13(15)17-11/h3-6H,1-2H3,(H2,14,18)(H2,15,16,17). The van der Waals surface area contributed by atoms with Crippen molar-refractivity contribution in [3.05, 3.63) is 41.1 Å². The summed E-state index contributed by atoms with van der Waals surface area (Å²) in [5, 5.41) is 0. The number of benzene rings is 1. The van der Waals surface area contributed by atoms with Gasteiger partial charge in [0.05, 0.1) is 11.3 Å². The first-order valence-electron chi connectivity index (χ1n) is 5.48. The van der Waals surface area contributed by atoms with Crippen molar-refractivity contribution >= 4 is 11.9 Å². The van der Waals surface area contributed by atoms with Crippen molar-refractivity contribution < 1.29 is 4.79 Å². The van der Waals surface area contributed by atoms with E-state index in [0.29, 0.717) is 5.69 Å². The van der Waals surface area contributed by atoms with Crippen LogP contribution >= 0.6 is 0 Å². The van der Waals surface area contributed by atoms with Gasteiger partial charge in [0.15, 0.2) is 0 Å². The van der Waals surface area contributed by atoms with E-state index >= 15 is 0 Å². The molecule has 92 valence electrons. The molecule has 4 N–H and O–H groups in total. The minimum atomic E-state index is -0.566. The molecule has 0 atom stereocenters. The molecule has 0 fully saturated rings. The molecule has 1 aromatic heterocycles. The number of aromatic nitrogens is 2. The summed E-state index contributed by atoms with van der Waals surface area (Å²) in [6, 6.07) is 5.90. The molecule has 0 aliphatic rings. The molecule has 0 radical (unpaired) electrons. The minimum absolute atomic E-state index is 0.120. The van der Waals surface area contributed by atoms with Crippen LogP contribution in [0.5, 0.6) is 0 Å². The van der Waals surface area contributed by atoms with Gasteiger partial charge in [-0.05, 0) is 26.0 Å². The lowest BCUT2D eigenvalue weighted by Crippen LogP contribution is -2.14. The third kappa shape index (κ3) is 2.29. The van der Waals surface area contributed by atoms with Crippen molar-refractivity contribution in [2.75, 3.05) is 5.73 Å². The average molecular weight is 242 g/mol. The Labute approximate surface area is 105 Å². The third-order valence-electron chi connectivity index (χ3n) is 2.57. The van der Waals surface area contributed by atoms with Crippen molar-refractivity contribution in [2.45, 2.75) is 13.8 Å². The summed E-state index contributed by atoms with van der Waals surface area (Å²) < 4.78 is 0. The molecule has 5 nitrogen and oxygen atoms in total. The Morgan fingerprint density at radius 3 is 2.33 bits per heavy atom. The molecule has 2 rings (SSSR count). The molecule has 0 aliphatic heterocycles. The van der Waals surface area contributed by atoms with Gasteiger partial charge in [-0.2, -0.15) is 0 Å². The van der Waals surface area contributed by atoms with Crippen LogP contribution < -0.4 is 11.5 Å². The van der Waals surface area contributed by atoms with Crippen molar-refractivity contribution in [1.82, 2.24) is 9.97 Å². The van der Waals surface area contributed by atoms with Crippen molar-refractivity contribution in [3.8, 4) is 11.3 Å². The van der Waals surface area contributed by atoms with Gasteiger partial charge in [-0.15, -0.1) is 0 Å². The van der Waals surface area contributed by atoms with Gasteiger partial charge in [-0.25, -0.2) is 9.97 Å². The average Bonchev–Trinajstić information content (AvgIpc) is 2.27. The first-order chi connectivity index (χ1) is 8.47. The highest BCUT2D eigenvalue weighted by molar-refractivity contribution is 5.98. The summed E-state index contributed by atoms with van der Waals surface area (Å²) in [5.74, 6) is -0.446. The lowest BCUT2D eigenvalue weighted by atomic mass is 10.0. The van der Waals surface area contributed by atoms with E-state index in [-0.39, 0.29) is 11.5 Å². The Hall–Kier alpha value is -2.43. The predicted octanol–water partition coefficient (Wildman–Crippen LogP) is 1.44. The fraction of sp³-hybridized carbons (Fsp3) is 0.154. The van der Waals surface area contributed by atoms with Gasteiger partial charge >= 0.3 is 0 Å². The second kappa shape index (κ2) is 4.44. The van der Waals surface area contributed by atoms with Crippen LogP contribution in [0, 0.1) is 13.8 Å². The minimum Gasteiger partial charge on any atom is -0.368 e. The normalized spacial score (nSPS) is 10.3. The summed E-state index contributed by atoms with van der Waals surface area (Å²) in [4.78, 5) is 19.3. The van der Waals surface area contributed by atoms with Crippen LogP contribution in [-0.2, 0) is 0 Å². The molecule has 2 aromatic rings. The fourth-order valence-electron chi connectivity index (χ4n) is 1.91. The SMILES string of the molecule is Cc1cc(C)cc(-c2nc(N)ncc2C(N)=O)c1. The summed E-state index contributed by atoms with van der Waals surface area (Å²) >= 11 is 0. The first-order valence-corrected chi connectivity index (χ1v) is 5.48. The number of primary amides is 1. The second-order valence-corrected chi connectivity index (χ2v) is 4.23. The molecule has 1 heterocycles. The lowest BCUT2D eigenvalue weighted by molar-refractivity contribution is 0.100. The van der Waals surface area contributed by atoms with Gasteiger partial charge in [0, 0.05) is 11.8 Å². The maximum Gasteiger partial charge on any atom is 0.252 e. The van der Waals surface area contributed by atoms with Crippen LogP contribution in [0.2, 0.25) is 0 Å². The first kappa shape index (κ1) is 12.0. The van der Waals surface area contributed by atoms with Crippen LogP contribution in [0.15, 0.2) is 24.4 Å². The molecule has 1 amide bonds. The molecule has 0 unspecified atom stereocenters. The summed E-state index contributed by atoms with van der Waals surface area (Å²) in [7, 11) is 0. The summed E-state index contributed by atoms with van der Waals surface area (Å²) in [6.45, 7) is 3.95. The Morgan fingerprint density at radius 2 is 1.78 bits per heavy atom. The topological polar surface area (TPSA) is 94.9 Å². The Kier molecular flexibility index (Phi) is 2.97. The van der Waals surface area contributed by atoms with E-state index in [0.717, 1.165) is 16.7 Å². The van der Waals surface area contributed by atoms with Gasteiger partial charge in [0.25, 0.3) is 5.91 Å². The highest BCUT2D eigenvalue weighted by atomic mass is 16.1. The second-order valence-electron chi connectivity index (χ2n) is 4.23. The molecule has 0 aliphatic carbocycles. The van der Waals surface area contributed by atoms with Gasteiger partial charge in [-0.1, -0.05) is 17.2 Å². The molecule has 1 aromatic carbocycles. The number of anilines is 1. The van der Waals surface area contributed by atoms with Crippen molar-refractivity contribution in [1.29, 1.82) is 0 Å². The number of nitrogens with two attached hydrogens (primary N) is 2. The van der Waals surface area contributed by atoms with E-state index < -0.39 is 5.91 Å². The van der Waals surface area contributed by atoms with Crippen LogP contribution in [0.4, 0.5) is 5.95 Å². The zero-order valence-corrected chi connectivity index (χ0v) is 10.3. The largest absolute Gasteiger partial charge is 0.368 e. The molecular weight excluding hydrogens is 228 g/mol. The number of nitrogens with zero attached hydrogens (tertiary/aromatic N) is 2. The van der Waals surface area contributed by atoms with Gasteiger partial charge in [0.1, 0.15) is 0 Å². The zero-order chi connectivity index (χ0) is 13.3. The number of nitrogen functional groups attached to an aromatic ring is 1. The number of carbonyl (C=O) groups excluding carboxylic acids is 1. The molecule has 5 heteroatoms. The lowest BCUT2D eigenvalue weighted by Gasteiger charge is -2.08.